The predicted molar refractivity (Wildman–Crippen MR) is 87.0 cm³/mol. The van der Waals surface area contributed by atoms with Crippen LogP contribution in [0.4, 0.5) is 0 Å². The molecule has 0 saturated heterocycles. The van der Waals surface area contributed by atoms with Gasteiger partial charge in [-0.3, -0.25) is 0 Å². The maximum Gasteiger partial charge on any atom is 0.336 e. The molecule has 0 radical (unpaired) electrons. The summed E-state index contributed by atoms with van der Waals surface area (Å²) in [5, 5.41) is 11.5. The molecule has 6 nitrogen and oxygen atoms in total. The maximum atomic E-state index is 12.2. The standard InChI is InChI=1S/C12H11IN2O4S2/c1-7-6-20-11(15-7)5-14-21(18,19)8-2-3-10(13)9(4-8)12(16)17/h2-4,6,14H,5H2,1H3,(H,16,17). The number of thiazole rings is 1. The van der Waals surface area contributed by atoms with E-state index in [4.69, 9.17) is 5.11 Å². The minimum atomic E-state index is -3.77. The fourth-order valence-electron chi connectivity index (χ4n) is 1.56. The number of sulfonamides is 1. The monoisotopic (exact) mass is 438 g/mol. The van der Waals surface area contributed by atoms with Crippen LogP contribution in [0, 0.1) is 10.5 Å². The number of hydrogen-bond donors (Lipinski definition) is 2. The van der Waals surface area contributed by atoms with E-state index < -0.39 is 16.0 Å². The number of aryl methyl sites for hydroxylation is 1. The van der Waals surface area contributed by atoms with E-state index in [1.165, 1.54) is 23.5 Å². The fourth-order valence-corrected chi connectivity index (χ4v) is 3.94. The largest absolute Gasteiger partial charge is 0.478 e. The van der Waals surface area contributed by atoms with Crippen molar-refractivity contribution in [1.82, 2.24) is 9.71 Å². The summed E-state index contributed by atoms with van der Waals surface area (Å²) in [6, 6.07) is 4.00. The van der Waals surface area contributed by atoms with Gasteiger partial charge in [-0.05, 0) is 47.7 Å². The van der Waals surface area contributed by atoms with E-state index in [0.29, 0.717) is 8.58 Å². The number of nitrogens with one attached hydrogen (secondary N) is 1. The van der Waals surface area contributed by atoms with Crippen molar-refractivity contribution >= 4 is 49.9 Å². The van der Waals surface area contributed by atoms with Gasteiger partial charge in [-0.25, -0.2) is 22.9 Å². The number of carboxylic acids is 1. The first-order valence-corrected chi connectivity index (χ1v) is 9.17. The van der Waals surface area contributed by atoms with Crippen LogP contribution in [0.3, 0.4) is 0 Å². The Labute approximate surface area is 139 Å². The van der Waals surface area contributed by atoms with Crippen molar-refractivity contribution in [2.45, 2.75) is 18.4 Å². The number of benzene rings is 1. The Morgan fingerprint density at radius 3 is 2.76 bits per heavy atom. The maximum absolute atomic E-state index is 12.2. The second kappa shape index (κ2) is 6.38. The average Bonchev–Trinajstić information content (AvgIpc) is 2.82. The minimum absolute atomic E-state index is 0.0384. The Bertz CT molecular complexity index is 786. The molecular formula is C12H11IN2O4S2. The number of hydrogen-bond acceptors (Lipinski definition) is 5. The molecule has 0 amide bonds. The summed E-state index contributed by atoms with van der Waals surface area (Å²) < 4.78 is 27.2. The lowest BCUT2D eigenvalue weighted by atomic mass is 10.2. The van der Waals surface area contributed by atoms with Crippen LogP contribution < -0.4 is 4.72 Å². The number of rotatable bonds is 5. The first-order valence-electron chi connectivity index (χ1n) is 5.73. The van der Waals surface area contributed by atoms with Gasteiger partial charge in [-0.2, -0.15) is 0 Å². The quantitative estimate of drug-likeness (QED) is 0.699. The first kappa shape index (κ1) is 16.3. The summed E-state index contributed by atoms with van der Waals surface area (Å²) in [6.07, 6.45) is 0. The average molecular weight is 438 g/mol. The van der Waals surface area contributed by atoms with Gasteiger partial charge in [-0.1, -0.05) is 0 Å². The van der Waals surface area contributed by atoms with Gasteiger partial charge < -0.3 is 5.11 Å². The number of carboxylic acid groups (broad SMARTS) is 1. The summed E-state index contributed by atoms with van der Waals surface area (Å²) in [7, 11) is -3.77. The number of halogens is 1. The zero-order valence-electron chi connectivity index (χ0n) is 10.8. The molecule has 0 unspecified atom stereocenters. The van der Waals surface area contributed by atoms with Gasteiger partial charge in [0.05, 0.1) is 17.0 Å². The molecule has 2 N–H and O–H groups in total. The lowest BCUT2D eigenvalue weighted by Gasteiger charge is -2.07. The predicted octanol–water partition coefficient (Wildman–Crippen LogP) is 2.23. The van der Waals surface area contributed by atoms with Crippen molar-refractivity contribution in [3.8, 4) is 0 Å². The SMILES string of the molecule is Cc1csc(CNS(=O)(=O)c2ccc(I)c(C(=O)O)c2)n1. The first-order chi connectivity index (χ1) is 9.79. The fraction of sp³-hybridized carbons (Fsp3) is 0.167. The molecule has 1 aromatic carbocycles. The van der Waals surface area contributed by atoms with E-state index >= 15 is 0 Å². The lowest BCUT2D eigenvalue weighted by molar-refractivity contribution is 0.0695. The third-order valence-corrected chi connectivity index (χ3v) is 5.86. The molecule has 2 rings (SSSR count). The molecule has 0 aliphatic rings. The van der Waals surface area contributed by atoms with Gasteiger partial charge in [0.1, 0.15) is 5.01 Å². The van der Waals surface area contributed by atoms with E-state index in [0.717, 1.165) is 11.8 Å². The molecule has 0 spiro atoms. The molecule has 0 fully saturated rings. The van der Waals surface area contributed by atoms with E-state index in [2.05, 4.69) is 9.71 Å². The van der Waals surface area contributed by atoms with Crippen LogP contribution in [0.1, 0.15) is 21.1 Å². The second-order valence-electron chi connectivity index (χ2n) is 4.15. The molecule has 21 heavy (non-hydrogen) atoms. The summed E-state index contributed by atoms with van der Waals surface area (Å²) in [6.45, 7) is 1.90. The third kappa shape index (κ3) is 3.99. The summed E-state index contributed by atoms with van der Waals surface area (Å²) >= 11 is 3.21. The Morgan fingerprint density at radius 2 is 2.19 bits per heavy atom. The van der Waals surface area contributed by atoms with Crippen molar-refractivity contribution in [2.75, 3.05) is 0 Å². The van der Waals surface area contributed by atoms with Crippen LogP contribution >= 0.6 is 33.9 Å². The van der Waals surface area contributed by atoms with Crippen LogP contribution in [-0.4, -0.2) is 24.5 Å². The van der Waals surface area contributed by atoms with Gasteiger partial charge in [-0.15, -0.1) is 11.3 Å². The lowest BCUT2D eigenvalue weighted by Crippen LogP contribution is -2.23. The number of carbonyl (C=O) groups is 1. The van der Waals surface area contributed by atoms with Crippen molar-refractivity contribution in [3.63, 3.8) is 0 Å². The highest BCUT2D eigenvalue weighted by Gasteiger charge is 2.18. The number of aromatic nitrogens is 1. The molecule has 1 aromatic heterocycles. The highest BCUT2D eigenvalue weighted by molar-refractivity contribution is 14.1. The Kier molecular flexibility index (Phi) is 4.96. The minimum Gasteiger partial charge on any atom is -0.478 e. The molecule has 9 heteroatoms. The number of nitrogens with zero attached hydrogens (tertiary/aromatic N) is 1. The summed E-state index contributed by atoms with van der Waals surface area (Å²) in [4.78, 5) is 15.1. The Morgan fingerprint density at radius 1 is 1.48 bits per heavy atom. The van der Waals surface area contributed by atoms with Crippen LogP contribution in [-0.2, 0) is 16.6 Å². The highest BCUT2D eigenvalue weighted by atomic mass is 127. The van der Waals surface area contributed by atoms with E-state index in [9.17, 15) is 13.2 Å². The summed E-state index contributed by atoms with van der Waals surface area (Å²) in [5.74, 6) is -1.16. The molecule has 0 aliphatic heterocycles. The van der Waals surface area contributed by atoms with Crippen molar-refractivity contribution in [3.05, 3.63) is 43.4 Å². The third-order valence-electron chi connectivity index (χ3n) is 2.56. The molecule has 1 heterocycles. The zero-order valence-corrected chi connectivity index (χ0v) is 14.6. The smallest absolute Gasteiger partial charge is 0.336 e. The molecule has 2 aromatic rings. The topological polar surface area (TPSA) is 96.4 Å². The molecular weight excluding hydrogens is 427 g/mol. The molecule has 0 atom stereocenters. The van der Waals surface area contributed by atoms with Gasteiger partial charge in [0.25, 0.3) is 0 Å². The van der Waals surface area contributed by atoms with Gasteiger partial charge in [0.2, 0.25) is 10.0 Å². The van der Waals surface area contributed by atoms with Crippen molar-refractivity contribution in [1.29, 1.82) is 0 Å². The van der Waals surface area contributed by atoms with Crippen LogP contribution in [0.5, 0.6) is 0 Å². The van der Waals surface area contributed by atoms with Crippen LogP contribution in [0.25, 0.3) is 0 Å². The normalized spacial score (nSPS) is 11.5. The highest BCUT2D eigenvalue weighted by Crippen LogP contribution is 2.18. The van der Waals surface area contributed by atoms with Crippen molar-refractivity contribution in [2.24, 2.45) is 0 Å². The van der Waals surface area contributed by atoms with Gasteiger partial charge in [0.15, 0.2) is 0 Å². The van der Waals surface area contributed by atoms with E-state index in [1.807, 2.05) is 34.9 Å². The molecule has 0 saturated carbocycles. The molecule has 112 valence electrons. The van der Waals surface area contributed by atoms with E-state index in [-0.39, 0.29) is 17.0 Å². The van der Waals surface area contributed by atoms with Gasteiger partial charge >= 0.3 is 5.97 Å². The Hall–Kier alpha value is -1.04. The van der Waals surface area contributed by atoms with Gasteiger partial charge in [0, 0.05) is 14.6 Å². The summed E-state index contributed by atoms with van der Waals surface area (Å²) in [5.41, 5.74) is 0.792. The van der Waals surface area contributed by atoms with Crippen LogP contribution in [0.15, 0.2) is 28.5 Å². The van der Waals surface area contributed by atoms with E-state index in [1.54, 1.807) is 0 Å². The zero-order chi connectivity index (χ0) is 15.6. The Balaban J connectivity index is 2.23. The molecule has 0 aliphatic carbocycles. The molecule has 0 bridgehead atoms. The second-order valence-corrected chi connectivity index (χ2v) is 8.03. The van der Waals surface area contributed by atoms with Crippen LogP contribution in [0.2, 0.25) is 0 Å². The number of aromatic carboxylic acids is 1. The van der Waals surface area contributed by atoms with Crippen molar-refractivity contribution < 1.29 is 18.3 Å².